The second-order valence-electron chi connectivity index (χ2n) is 7.38. The van der Waals surface area contributed by atoms with E-state index in [4.69, 9.17) is 0 Å². The molecule has 1 fully saturated rings. The monoisotopic (exact) mass is 360 g/mol. The number of fused-ring (bicyclic) bond motifs is 1. The number of aromatic hydroxyl groups is 1. The van der Waals surface area contributed by atoms with E-state index in [2.05, 4.69) is 28.1 Å². The SMILES string of the molecule is O=Cc1c(O)ccc2cc(N3CCCC(CCc4cccnc4)C3)ccc12. The number of aldehydes is 1. The number of rotatable bonds is 5. The summed E-state index contributed by atoms with van der Waals surface area (Å²) < 4.78 is 0. The number of hydrogen-bond acceptors (Lipinski definition) is 4. The smallest absolute Gasteiger partial charge is 0.154 e. The highest BCUT2D eigenvalue weighted by molar-refractivity contribution is 6.01. The van der Waals surface area contributed by atoms with Crippen LogP contribution in [-0.4, -0.2) is 29.5 Å². The molecule has 0 radical (unpaired) electrons. The van der Waals surface area contributed by atoms with Crippen molar-refractivity contribution in [2.45, 2.75) is 25.7 Å². The molecule has 0 bridgehead atoms. The first kappa shape index (κ1) is 17.5. The molecule has 138 valence electrons. The molecular weight excluding hydrogens is 336 g/mol. The number of hydrogen-bond donors (Lipinski definition) is 1. The summed E-state index contributed by atoms with van der Waals surface area (Å²) in [4.78, 5) is 17.9. The van der Waals surface area contributed by atoms with E-state index in [1.807, 2.05) is 30.6 Å². The van der Waals surface area contributed by atoms with Crippen molar-refractivity contribution in [1.82, 2.24) is 4.98 Å². The summed E-state index contributed by atoms with van der Waals surface area (Å²) in [6.07, 6.45) is 9.24. The molecule has 4 heteroatoms. The molecule has 1 N–H and O–H groups in total. The molecular formula is C23H24N2O2. The van der Waals surface area contributed by atoms with Gasteiger partial charge < -0.3 is 10.0 Å². The van der Waals surface area contributed by atoms with Crippen molar-refractivity contribution in [3.8, 4) is 5.75 Å². The van der Waals surface area contributed by atoms with Crippen LogP contribution in [0.3, 0.4) is 0 Å². The fraction of sp³-hybridized carbons (Fsp3) is 0.304. The van der Waals surface area contributed by atoms with Crippen molar-refractivity contribution in [2.75, 3.05) is 18.0 Å². The van der Waals surface area contributed by atoms with Crippen molar-refractivity contribution >= 4 is 22.7 Å². The molecule has 2 aromatic carbocycles. The Labute approximate surface area is 159 Å². The minimum Gasteiger partial charge on any atom is -0.507 e. The molecule has 1 aliphatic heterocycles. The second-order valence-corrected chi connectivity index (χ2v) is 7.38. The van der Waals surface area contributed by atoms with Gasteiger partial charge in [0.1, 0.15) is 5.75 Å². The van der Waals surface area contributed by atoms with Gasteiger partial charge >= 0.3 is 0 Å². The number of anilines is 1. The van der Waals surface area contributed by atoms with E-state index in [0.29, 0.717) is 11.5 Å². The molecule has 3 aromatic rings. The predicted molar refractivity (Wildman–Crippen MR) is 108 cm³/mol. The van der Waals surface area contributed by atoms with E-state index in [1.54, 1.807) is 6.07 Å². The molecule has 0 aliphatic carbocycles. The first-order valence-corrected chi connectivity index (χ1v) is 9.59. The summed E-state index contributed by atoms with van der Waals surface area (Å²) in [5.74, 6) is 0.721. The first-order valence-electron chi connectivity index (χ1n) is 9.59. The van der Waals surface area contributed by atoms with Gasteiger partial charge in [0.15, 0.2) is 6.29 Å². The van der Waals surface area contributed by atoms with E-state index in [1.165, 1.54) is 30.5 Å². The van der Waals surface area contributed by atoms with Crippen LogP contribution in [0.2, 0.25) is 0 Å². The van der Waals surface area contributed by atoms with E-state index >= 15 is 0 Å². The van der Waals surface area contributed by atoms with Gasteiger partial charge in [0.05, 0.1) is 5.56 Å². The van der Waals surface area contributed by atoms with Crippen molar-refractivity contribution in [3.05, 3.63) is 66.0 Å². The Morgan fingerprint density at radius 3 is 2.96 bits per heavy atom. The third-order valence-corrected chi connectivity index (χ3v) is 5.59. The second kappa shape index (κ2) is 7.78. The van der Waals surface area contributed by atoms with Gasteiger partial charge in [-0.2, -0.15) is 0 Å². The molecule has 1 atom stereocenters. The normalized spacial score (nSPS) is 17.2. The molecule has 27 heavy (non-hydrogen) atoms. The van der Waals surface area contributed by atoms with Crippen LogP contribution in [-0.2, 0) is 6.42 Å². The van der Waals surface area contributed by atoms with E-state index in [-0.39, 0.29) is 5.75 Å². The van der Waals surface area contributed by atoms with Crippen LogP contribution in [0.1, 0.15) is 35.2 Å². The van der Waals surface area contributed by atoms with Gasteiger partial charge in [-0.3, -0.25) is 9.78 Å². The molecule has 0 spiro atoms. The van der Waals surface area contributed by atoms with Crippen molar-refractivity contribution in [3.63, 3.8) is 0 Å². The standard InChI is InChI=1S/C23H24N2O2/c26-16-22-21-9-8-20(13-19(21)7-10-23(22)27)25-12-2-4-18(15-25)6-5-17-3-1-11-24-14-17/h1,3,7-11,13-14,16,18,27H,2,4-6,12,15H2. The number of phenolic OH excluding ortho intramolecular Hbond substituents is 1. The van der Waals surface area contributed by atoms with Gasteiger partial charge in [0, 0.05) is 31.2 Å². The Hall–Kier alpha value is -2.88. The van der Waals surface area contributed by atoms with Gasteiger partial charge in [-0.15, -0.1) is 0 Å². The van der Waals surface area contributed by atoms with Crippen molar-refractivity contribution in [2.24, 2.45) is 5.92 Å². The highest BCUT2D eigenvalue weighted by Gasteiger charge is 2.20. The molecule has 1 aliphatic rings. The summed E-state index contributed by atoms with van der Waals surface area (Å²) >= 11 is 0. The number of pyridine rings is 1. The lowest BCUT2D eigenvalue weighted by molar-refractivity contribution is 0.112. The Balaban J connectivity index is 1.49. The zero-order valence-corrected chi connectivity index (χ0v) is 15.3. The van der Waals surface area contributed by atoms with Gasteiger partial charge in [0.2, 0.25) is 0 Å². The molecule has 1 saturated heterocycles. The summed E-state index contributed by atoms with van der Waals surface area (Å²) in [5.41, 5.74) is 2.87. The number of benzene rings is 2. The Morgan fingerprint density at radius 2 is 2.15 bits per heavy atom. The Morgan fingerprint density at radius 1 is 1.22 bits per heavy atom. The molecule has 1 unspecified atom stereocenters. The summed E-state index contributed by atoms with van der Waals surface area (Å²) in [6.45, 7) is 2.12. The van der Waals surface area contributed by atoms with Crippen LogP contribution < -0.4 is 4.90 Å². The summed E-state index contributed by atoms with van der Waals surface area (Å²) in [5, 5.41) is 11.7. The number of aryl methyl sites for hydroxylation is 1. The first-order chi connectivity index (χ1) is 13.2. The van der Waals surface area contributed by atoms with Crippen molar-refractivity contribution < 1.29 is 9.90 Å². The third-order valence-electron chi connectivity index (χ3n) is 5.59. The lowest BCUT2D eigenvalue weighted by Crippen LogP contribution is -2.35. The van der Waals surface area contributed by atoms with Crippen LogP contribution >= 0.6 is 0 Å². The maximum Gasteiger partial charge on any atom is 0.154 e. The Bertz CT molecular complexity index is 940. The van der Waals surface area contributed by atoms with E-state index < -0.39 is 0 Å². The average molecular weight is 360 g/mol. The zero-order valence-electron chi connectivity index (χ0n) is 15.3. The lowest BCUT2D eigenvalue weighted by Gasteiger charge is -2.34. The number of aromatic nitrogens is 1. The van der Waals surface area contributed by atoms with Crippen LogP contribution in [0.15, 0.2) is 54.9 Å². The molecule has 2 heterocycles. The molecule has 4 rings (SSSR count). The maximum absolute atomic E-state index is 11.3. The number of carbonyl (C=O) groups excluding carboxylic acids is 1. The van der Waals surface area contributed by atoms with Crippen LogP contribution in [0, 0.1) is 5.92 Å². The van der Waals surface area contributed by atoms with Crippen LogP contribution in [0.5, 0.6) is 5.75 Å². The number of phenols is 1. The van der Waals surface area contributed by atoms with Gasteiger partial charge in [-0.05, 0) is 72.2 Å². The third kappa shape index (κ3) is 3.80. The van der Waals surface area contributed by atoms with Gasteiger partial charge in [-0.25, -0.2) is 0 Å². The maximum atomic E-state index is 11.3. The minimum atomic E-state index is 0.0405. The molecule has 1 aromatic heterocycles. The summed E-state index contributed by atoms with van der Waals surface area (Å²) in [6, 6.07) is 13.8. The van der Waals surface area contributed by atoms with Crippen LogP contribution in [0.4, 0.5) is 5.69 Å². The van der Waals surface area contributed by atoms with Gasteiger partial charge in [-0.1, -0.05) is 18.2 Å². The molecule has 4 nitrogen and oxygen atoms in total. The highest BCUT2D eigenvalue weighted by Crippen LogP contribution is 2.31. The molecule has 0 amide bonds. The summed E-state index contributed by atoms with van der Waals surface area (Å²) in [7, 11) is 0. The minimum absolute atomic E-state index is 0.0405. The largest absolute Gasteiger partial charge is 0.507 e. The number of carbonyl (C=O) groups is 1. The topological polar surface area (TPSA) is 53.4 Å². The predicted octanol–water partition coefficient (Wildman–Crippen LogP) is 4.60. The Kier molecular flexibility index (Phi) is 5.05. The number of piperidine rings is 1. The highest BCUT2D eigenvalue weighted by atomic mass is 16.3. The van der Waals surface area contributed by atoms with Gasteiger partial charge in [0.25, 0.3) is 0 Å². The van der Waals surface area contributed by atoms with E-state index in [0.717, 1.165) is 36.6 Å². The fourth-order valence-corrected chi connectivity index (χ4v) is 4.10. The zero-order chi connectivity index (χ0) is 18.6. The lowest BCUT2D eigenvalue weighted by atomic mass is 9.91. The fourth-order valence-electron chi connectivity index (χ4n) is 4.10. The average Bonchev–Trinajstić information content (AvgIpc) is 2.73. The van der Waals surface area contributed by atoms with Crippen LogP contribution in [0.25, 0.3) is 10.8 Å². The number of nitrogens with zero attached hydrogens (tertiary/aromatic N) is 2. The molecule has 0 saturated carbocycles. The van der Waals surface area contributed by atoms with Crippen molar-refractivity contribution in [1.29, 1.82) is 0 Å². The van der Waals surface area contributed by atoms with E-state index in [9.17, 15) is 9.90 Å². The quantitative estimate of drug-likeness (QED) is 0.676.